The molecule has 0 bridgehead atoms. The zero-order valence-electron chi connectivity index (χ0n) is 41.2. The first kappa shape index (κ1) is 49.0. The molecule has 5 saturated carbocycles. The first-order valence-electron chi connectivity index (χ1n) is 25.9. The van der Waals surface area contributed by atoms with Gasteiger partial charge in [-0.25, -0.2) is 14.4 Å². The molecule has 5 aliphatic carbocycles. The van der Waals surface area contributed by atoms with Gasteiger partial charge in [-0.1, -0.05) is 20.4 Å². The molecule has 0 spiro atoms. The van der Waals surface area contributed by atoms with E-state index in [9.17, 15) is 34.1 Å². The lowest BCUT2D eigenvalue weighted by molar-refractivity contribution is -0.136. The Hall–Kier alpha value is -6.05. The Morgan fingerprint density at radius 2 is 1.21 bits per heavy atom. The monoisotopic (exact) mass is 955 g/mol. The van der Waals surface area contributed by atoms with Crippen molar-refractivity contribution in [1.82, 2.24) is 29.6 Å². The zero-order valence-corrected chi connectivity index (χ0v) is 41.2. The van der Waals surface area contributed by atoms with Crippen LogP contribution in [0.3, 0.4) is 0 Å². The summed E-state index contributed by atoms with van der Waals surface area (Å²) in [6, 6.07) is 5.14. The Bertz CT molecular complexity index is 2540. The van der Waals surface area contributed by atoms with Crippen molar-refractivity contribution in [3.63, 3.8) is 0 Å². The van der Waals surface area contributed by atoms with E-state index in [0.717, 1.165) is 97.4 Å². The molecule has 15 nitrogen and oxygen atoms in total. The Morgan fingerprint density at radius 1 is 0.700 bits per heavy atom. The van der Waals surface area contributed by atoms with E-state index in [1.807, 2.05) is 18.7 Å². The molecular formula is C54H67FN10O5. The number of carbonyl (C=O) groups excluding carboxylic acids is 4. The van der Waals surface area contributed by atoms with Crippen LogP contribution < -0.4 is 9.80 Å². The molecule has 0 aromatic carbocycles. The third-order valence-electron chi connectivity index (χ3n) is 15.7. The number of carbonyl (C=O) groups is 4. The quantitative estimate of drug-likeness (QED) is 0.195. The highest BCUT2D eigenvalue weighted by atomic mass is 19.1. The van der Waals surface area contributed by atoms with Crippen molar-refractivity contribution < 1.29 is 28.3 Å². The van der Waals surface area contributed by atoms with Gasteiger partial charge in [-0.15, -0.1) is 6.42 Å². The van der Waals surface area contributed by atoms with Crippen molar-refractivity contribution in [2.75, 3.05) is 75.9 Å². The summed E-state index contributed by atoms with van der Waals surface area (Å²) in [5, 5.41) is 20.4. The molecule has 70 heavy (non-hydrogen) atoms. The van der Waals surface area contributed by atoms with Gasteiger partial charge in [0.2, 0.25) is 11.8 Å². The average molecular weight is 955 g/mol. The maximum absolute atomic E-state index is 13.6. The van der Waals surface area contributed by atoms with E-state index >= 15 is 0 Å². The molecule has 0 N–H and O–H groups in total. The lowest BCUT2D eigenvalue weighted by atomic mass is 9.92. The first-order chi connectivity index (χ1) is 34.0. The average Bonchev–Trinajstić information content (AvgIpc) is 4.18. The Morgan fingerprint density at radius 3 is 1.73 bits per heavy atom. The van der Waals surface area contributed by atoms with Gasteiger partial charge >= 0.3 is 0 Å². The van der Waals surface area contributed by atoms with Crippen LogP contribution in [-0.4, -0.2) is 131 Å². The number of aromatic nitrogens is 2. The number of amides is 4. The summed E-state index contributed by atoms with van der Waals surface area (Å²) in [5.41, 5.74) is 7.13. The molecular weight excluding hydrogens is 888 g/mol. The first-order valence-corrected chi connectivity index (χ1v) is 25.9. The van der Waals surface area contributed by atoms with E-state index in [2.05, 4.69) is 39.3 Å². The highest BCUT2D eigenvalue weighted by Crippen LogP contribution is 2.48. The molecule has 9 aliphatic rings. The van der Waals surface area contributed by atoms with Crippen LogP contribution in [0.4, 0.5) is 16.0 Å². The third kappa shape index (κ3) is 10.1. The number of pyridine rings is 2. The number of anilines is 2. The standard InChI is InChI=1S/C26H32FN5O3.C26H29N5O2.C2H6/c1-16(27)26(34)31-9-7-19-21(14-31)20(13-28)25(29-24(19)18-5-6-18)30-10-11-32(23(33)8-12-35-2)22(15-30)17-3-4-17;1-2-23(32)29-10-9-19-20(13-27)25(28-24(17-5-6-17)21(19)14-29)30-11-12-31(26(33)18-7-8-18)22(15-30)16-3-4-16;1-2/h17-18,22H,1,3-12,14-15H2,2H3;1,16-18,22H,3-12,14-15H2;1-2H3. The van der Waals surface area contributed by atoms with Crippen LogP contribution in [0.1, 0.15) is 141 Å². The molecule has 4 aliphatic heterocycles. The second kappa shape index (κ2) is 20.7. The van der Waals surface area contributed by atoms with Gasteiger partial charge in [-0.05, 0) is 117 Å². The number of terminal acetylenes is 1. The number of hydrogen-bond acceptors (Lipinski definition) is 11. The maximum atomic E-state index is 13.6. The number of rotatable bonds is 11. The second-order valence-corrected chi connectivity index (χ2v) is 20.4. The van der Waals surface area contributed by atoms with Crippen LogP contribution in [0, 0.1) is 52.8 Å². The van der Waals surface area contributed by atoms with Crippen molar-refractivity contribution in [3.05, 3.63) is 57.2 Å². The molecule has 2 saturated heterocycles. The fourth-order valence-corrected chi connectivity index (χ4v) is 11.2. The van der Waals surface area contributed by atoms with Crippen LogP contribution in [0.5, 0.6) is 0 Å². The molecule has 2 unspecified atom stereocenters. The number of fused-ring (bicyclic) bond motifs is 2. The van der Waals surface area contributed by atoms with Crippen molar-refractivity contribution in [1.29, 1.82) is 10.5 Å². The summed E-state index contributed by atoms with van der Waals surface area (Å²) in [5.74, 6) is 4.19. The minimum Gasteiger partial charge on any atom is -0.384 e. The van der Waals surface area contributed by atoms with E-state index in [4.69, 9.17) is 21.1 Å². The molecule has 2 atom stereocenters. The van der Waals surface area contributed by atoms with Crippen molar-refractivity contribution in [3.8, 4) is 24.5 Å². The van der Waals surface area contributed by atoms with Gasteiger partial charge in [0, 0.05) is 96.0 Å². The largest absolute Gasteiger partial charge is 0.384 e. The normalized spacial score (nSPS) is 22.7. The van der Waals surface area contributed by atoms with Gasteiger partial charge in [-0.2, -0.15) is 10.5 Å². The van der Waals surface area contributed by atoms with Crippen molar-refractivity contribution in [2.24, 2.45) is 17.8 Å². The summed E-state index contributed by atoms with van der Waals surface area (Å²) in [6.07, 6.45) is 17.9. The fourth-order valence-electron chi connectivity index (χ4n) is 11.2. The molecule has 6 heterocycles. The fraction of sp³-hybridized carbons (Fsp3) is 0.630. The van der Waals surface area contributed by atoms with Crippen LogP contribution in [0.15, 0.2) is 12.4 Å². The lowest BCUT2D eigenvalue weighted by Crippen LogP contribution is -2.57. The predicted molar refractivity (Wildman–Crippen MR) is 261 cm³/mol. The summed E-state index contributed by atoms with van der Waals surface area (Å²) < 4.78 is 18.7. The van der Waals surface area contributed by atoms with E-state index in [1.54, 1.807) is 12.0 Å². The van der Waals surface area contributed by atoms with Gasteiger partial charge in [-0.3, -0.25) is 19.2 Å². The van der Waals surface area contributed by atoms with Gasteiger partial charge in [0.05, 0.1) is 41.9 Å². The number of methoxy groups -OCH3 is 1. The zero-order chi connectivity index (χ0) is 49.4. The van der Waals surface area contributed by atoms with Crippen molar-refractivity contribution >= 4 is 35.3 Å². The van der Waals surface area contributed by atoms with E-state index in [0.29, 0.717) is 125 Å². The molecule has 16 heteroatoms. The number of halogens is 1. The molecule has 4 amide bonds. The van der Waals surface area contributed by atoms with Crippen LogP contribution in [-0.2, 0) is 49.8 Å². The summed E-state index contributed by atoms with van der Waals surface area (Å²) in [7, 11) is 1.60. The minimum absolute atomic E-state index is 0.0924. The van der Waals surface area contributed by atoms with Gasteiger partial charge in [0.1, 0.15) is 23.8 Å². The topological polar surface area (TPSA) is 170 Å². The predicted octanol–water partition coefficient (Wildman–Crippen LogP) is 5.87. The molecule has 0 radical (unpaired) electrons. The molecule has 7 fully saturated rings. The third-order valence-corrected chi connectivity index (χ3v) is 15.7. The highest BCUT2D eigenvalue weighted by Gasteiger charge is 2.46. The molecule has 370 valence electrons. The van der Waals surface area contributed by atoms with Gasteiger partial charge in [0.15, 0.2) is 5.83 Å². The number of hydrogen-bond donors (Lipinski definition) is 0. The minimum atomic E-state index is -0.981. The molecule has 2 aromatic heterocycles. The Labute approximate surface area is 412 Å². The number of ether oxygens (including phenoxy) is 1. The summed E-state index contributed by atoms with van der Waals surface area (Å²) in [4.78, 5) is 72.1. The van der Waals surface area contributed by atoms with Gasteiger partial charge < -0.3 is 34.1 Å². The summed E-state index contributed by atoms with van der Waals surface area (Å²) >= 11 is 0. The number of nitrogens with zero attached hydrogens (tertiary/aromatic N) is 10. The highest BCUT2D eigenvalue weighted by molar-refractivity contribution is 5.93. The molecule has 11 rings (SSSR count). The van der Waals surface area contributed by atoms with Crippen LogP contribution >= 0.6 is 0 Å². The lowest BCUT2D eigenvalue weighted by Gasteiger charge is -2.43. The van der Waals surface area contributed by atoms with E-state index in [1.165, 1.54) is 17.7 Å². The second-order valence-electron chi connectivity index (χ2n) is 20.4. The Kier molecular flexibility index (Phi) is 14.5. The maximum Gasteiger partial charge on any atom is 0.298 e. The van der Waals surface area contributed by atoms with E-state index < -0.39 is 11.7 Å². The van der Waals surface area contributed by atoms with Crippen LogP contribution in [0.25, 0.3) is 0 Å². The van der Waals surface area contributed by atoms with E-state index in [-0.39, 0.29) is 36.4 Å². The Balaban J connectivity index is 0.000000168. The number of piperazine rings is 2. The number of nitriles is 2. The van der Waals surface area contributed by atoms with Crippen molar-refractivity contribution in [2.45, 2.75) is 134 Å². The molecule has 2 aromatic rings. The SMILES string of the molecule is C#CC(=O)N1CCc2c(C#N)c(N3CCN(C(=O)C4CC4)C(C4CC4)C3)nc(C3CC3)c2C1.C=C(F)C(=O)N1CCc2c(C3CC3)nc(N3CCN(C(=O)CCOC)C(C4CC4)C3)c(C#N)c2C1.CC. The van der Waals surface area contributed by atoms with Crippen LogP contribution in [0.2, 0.25) is 0 Å². The smallest absolute Gasteiger partial charge is 0.298 e. The van der Waals surface area contributed by atoms with Gasteiger partial charge in [0.25, 0.3) is 11.8 Å². The summed E-state index contributed by atoms with van der Waals surface area (Å²) in [6.45, 7) is 13.1.